The van der Waals surface area contributed by atoms with Crippen molar-refractivity contribution in [2.75, 3.05) is 6.61 Å². The van der Waals surface area contributed by atoms with Gasteiger partial charge in [0, 0.05) is 12.8 Å². The Morgan fingerprint density at radius 1 is 1.25 bits per heavy atom. The van der Waals surface area contributed by atoms with Crippen molar-refractivity contribution >= 4 is 5.97 Å². The number of esters is 1. The molecule has 0 spiro atoms. The molecule has 1 fully saturated rings. The third-order valence-electron chi connectivity index (χ3n) is 3.92. The maximum atomic E-state index is 13.3. The molecule has 0 amide bonds. The molecule has 0 radical (unpaired) electrons. The first-order valence-corrected chi connectivity index (χ1v) is 6.96. The molecule has 0 saturated heterocycles. The fourth-order valence-corrected chi connectivity index (χ4v) is 2.75. The summed E-state index contributed by atoms with van der Waals surface area (Å²) in [6.07, 6.45) is -0.917. The summed E-state index contributed by atoms with van der Waals surface area (Å²) in [6.45, 7) is 6.02. The van der Waals surface area contributed by atoms with E-state index in [1.165, 1.54) is 0 Å². The predicted molar refractivity (Wildman–Crippen MR) is 73.0 cm³/mol. The predicted octanol–water partition coefficient (Wildman–Crippen LogP) is 4.04. The van der Waals surface area contributed by atoms with Crippen molar-refractivity contribution in [2.24, 2.45) is 0 Å². The van der Waals surface area contributed by atoms with E-state index in [1.807, 2.05) is 12.1 Å². The van der Waals surface area contributed by atoms with Gasteiger partial charge >= 0.3 is 5.97 Å². The number of alkyl halides is 2. The zero-order valence-electron chi connectivity index (χ0n) is 12.1. The number of hydrogen-bond acceptors (Lipinski definition) is 2. The number of benzene rings is 1. The van der Waals surface area contributed by atoms with Crippen LogP contribution >= 0.6 is 0 Å². The van der Waals surface area contributed by atoms with Gasteiger partial charge in [0.15, 0.2) is 0 Å². The second-order valence-corrected chi connectivity index (χ2v) is 5.79. The first kappa shape index (κ1) is 14.9. The van der Waals surface area contributed by atoms with E-state index in [9.17, 15) is 13.6 Å². The molecule has 1 aromatic carbocycles. The zero-order chi connectivity index (χ0) is 15.0. The highest BCUT2D eigenvalue weighted by atomic mass is 19.3. The molecule has 4 heteroatoms. The molecule has 0 aromatic heterocycles. The van der Waals surface area contributed by atoms with Crippen LogP contribution in [0.4, 0.5) is 8.78 Å². The molecule has 110 valence electrons. The van der Waals surface area contributed by atoms with Crippen molar-refractivity contribution in [1.29, 1.82) is 0 Å². The minimum atomic E-state index is -2.77. The molecule has 0 bridgehead atoms. The smallest absolute Gasteiger partial charge is 0.317 e. The van der Waals surface area contributed by atoms with E-state index in [4.69, 9.17) is 4.74 Å². The maximum Gasteiger partial charge on any atom is 0.317 e. The normalized spacial score (nSPS) is 19.5. The van der Waals surface area contributed by atoms with Crippen molar-refractivity contribution in [3.63, 3.8) is 0 Å². The highest BCUT2D eigenvalue weighted by molar-refractivity contribution is 5.85. The monoisotopic (exact) mass is 282 g/mol. The molecular formula is C16H20F2O2. The van der Waals surface area contributed by atoms with Gasteiger partial charge in [-0.15, -0.1) is 0 Å². The van der Waals surface area contributed by atoms with Gasteiger partial charge in [0.1, 0.15) is 5.41 Å². The Morgan fingerprint density at radius 3 is 2.20 bits per heavy atom. The van der Waals surface area contributed by atoms with Crippen LogP contribution in [0.2, 0.25) is 0 Å². The molecule has 0 atom stereocenters. The Morgan fingerprint density at radius 2 is 1.80 bits per heavy atom. The quantitative estimate of drug-likeness (QED) is 0.779. The SMILES string of the molecule is CCOC(=O)C1(c2ccc(C(C)C)cc2)CC(F)(F)C1. The van der Waals surface area contributed by atoms with Crippen LogP contribution in [-0.4, -0.2) is 18.5 Å². The minimum absolute atomic E-state index is 0.205. The van der Waals surface area contributed by atoms with Gasteiger partial charge in [0.05, 0.1) is 6.61 Å². The van der Waals surface area contributed by atoms with Crippen LogP contribution in [0.1, 0.15) is 50.7 Å². The summed E-state index contributed by atoms with van der Waals surface area (Å²) in [6, 6.07) is 7.36. The van der Waals surface area contributed by atoms with Crippen molar-refractivity contribution in [3.05, 3.63) is 35.4 Å². The van der Waals surface area contributed by atoms with E-state index in [0.29, 0.717) is 11.5 Å². The lowest BCUT2D eigenvalue weighted by Crippen LogP contribution is -2.55. The number of halogens is 2. The van der Waals surface area contributed by atoms with Crippen LogP contribution in [-0.2, 0) is 14.9 Å². The average molecular weight is 282 g/mol. The van der Waals surface area contributed by atoms with Crippen molar-refractivity contribution in [1.82, 2.24) is 0 Å². The fraction of sp³-hybridized carbons (Fsp3) is 0.562. The van der Waals surface area contributed by atoms with Crippen LogP contribution < -0.4 is 0 Å². The summed E-state index contributed by atoms with van der Waals surface area (Å²) in [5.41, 5.74) is 0.583. The van der Waals surface area contributed by atoms with Crippen LogP contribution in [0.3, 0.4) is 0 Å². The number of ether oxygens (including phenoxy) is 1. The van der Waals surface area contributed by atoms with Crippen molar-refractivity contribution in [3.8, 4) is 0 Å². The summed E-state index contributed by atoms with van der Waals surface area (Å²) in [7, 11) is 0. The van der Waals surface area contributed by atoms with Crippen LogP contribution in [0.5, 0.6) is 0 Å². The van der Waals surface area contributed by atoms with Gasteiger partial charge in [-0.05, 0) is 24.0 Å². The van der Waals surface area contributed by atoms with E-state index in [1.54, 1.807) is 19.1 Å². The Balaban J connectivity index is 2.31. The van der Waals surface area contributed by atoms with Crippen LogP contribution in [0.15, 0.2) is 24.3 Å². The number of carbonyl (C=O) groups excluding carboxylic acids is 1. The lowest BCUT2D eigenvalue weighted by atomic mass is 9.62. The lowest BCUT2D eigenvalue weighted by molar-refractivity contribution is -0.179. The van der Waals surface area contributed by atoms with Gasteiger partial charge in [0.25, 0.3) is 5.92 Å². The molecule has 0 heterocycles. The van der Waals surface area contributed by atoms with Crippen LogP contribution in [0.25, 0.3) is 0 Å². The molecule has 0 N–H and O–H groups in total. The molecule has 2 nitrogen and oxygen atoms in total. The highest BCUT2D eigenvalue weighted by Crippen LogP contribution is 2.54. The summed E-state index contributed by atoms with van der Waals surface area (Å²) < 4.78 is 31.6. The second-order valence-electron chi connectivity index (χ2n) is 5.79. The second kappa shape index (κ2) is 5.15. The Labute approximate surface area is 118 Å². The van der Waals surface area contributed by atoms with Gasteiger partial charge < -0.3 is 4.74 Å². The molecule has 1 aliphatic rings. The number of rotatable bonds is 4. The fourth-order valence-electron chi connectivity index (χ4n) is 2.75. The van der Waals surface area contributed by atoms with Gasteiger partial charge in [0.2, 0.25) is 0 Å². The zero-order valence-corrected chi connectivity index (χ0v) is 12.1. The standard InChI is InChI=1S/C16H20F2O2/c1-4-20-14(19)15(9-16(17,18)10-15)13-7-5-12(6-8-13)11(2)3/h5-8,11H,4,9-10H2,1-3H3. The van der Waals surface area contributed by atoms with Gasteiger partial charge in [-0.1, -0.05) is 38.1 Å². The number of hydrogen-bond donors (Lipinski definition) is 0. The van der Waals surface area contributed by atoms with Crippen molar-refractivity contribution in [2.45, 2.75) is 50.9 Å². The molecular weight excluding hydrogens is 262 g/mol. The Kier molecular flexibility index (Phi) is 3.85. The minimum Gasteiger partial charge on any atom is -0.465 e. The first-order valence-electron chi connectivity index (χ1n) is 6.96. The molecule has 1 aromatic rings. The number of carbonyl (C=O) groups is 1. The first-order chi connectivity index (χ1) is 9.31. The highest BCUT2D eigenvalue weighted by Gasteiger charge is 2.62. The molecule has 20 heavy (non-hydrogen) atoms. The van der Waals surface area contributed by atoms with Gasteiger partial charge in [-0.2, -0.15) is 0 Å². The summed E-state index contributed by atoms with van der Waals surface area (Å²) in [5, 5.41) is 0. The van der Waals surface area contributed by atoms with Crippen LogP contribution in [0, 0.1) is 0 Å². The third-order valence-corrected chi connectivity index (χ3v) is 3.92. The molecule has 1 saturated carbocycles. The van der Waals surface area contributed by atoms with E-state index in [2.05, 4.69) is 13.8 Å². The summed E-state index contributed by atoms with van der Waals surface area (Å²) in [5.74, 6) is -2.95. The third kappa shape index (κ3) is 2.56. The van der Waals surface area contributed by atoms with Crippen molar-refractivity contribution < 1.29 is 18.3 Å². The Bertz CT molecular complexity index is 484. The summed E-state index contributed by atoms with van der Waals surface area (Å²) >= 11 is 0. The van der Waals surface area contributed by atoms with E-state index >= 15 is 0 Å². The lowest BCUT2D eigenvalue weighted by Gasteiger charge is -2.45. The molecule has 0 unspecified atom stereocenters. The Hall–Kier alpha value is -1.45. The average Bonchev–Trinajstić information content (AvgIpc) is 2.35. The largest absolute Gasteiger partial charge is 0.465 e. The van der Waals surface area contributed by atoms with Gasteiger partial charge in [-0.3, -0.25) is 4.79 Å². The molecule has 1 aliphatic carbocycles. The van der Waals surface area contributed by atoms with E-state index in [0.717, 1.165) is 5.56 Å². The topological polar surface area (TPSA) is 26.3 Å². The van der Waals surface area contributed by atoms with E-state index in [-0.39, 0.29) is 6.61 Å². The van der Waals surface area contributed by atoms with Gasteiger partial charge in [-0.25, -0.2) is 8.78 Å². The summed E-state index contributed by atoms with van der Waals surface area (Å²) in [4.78, 5) is 12.1. The molecule has 0 aliphatic heterocycles. The van der Waals surface area contributed by atoms with E-state index < -0.39 is 30.1 Å². The molecule has 2 rings (SSSR count). The maximum absolute atomic E-state index is 13.3.